The molecule has 0 bridgehead atoms. The van der Waals surface area contributed by atoms with Gasteiger partial charge in [0.05, 0.1) is 5.39 Å². The fourth-order valence-corrected chi connectivity index (χ4v) is 3.48. The molecule has 1 aliphatic rings. The maximum atomic E-state index is 5.75. The summed E-state index contributed by atoms with van der Waals surface area (Å²) in [6.07, 6.45) is 5.29. The topological polar surface area (TPSA) is 63.8 Å². The highest BCUT2D eigenvalue weighted by molar-refractivity contribution is 7.16. The second-order valence-corrected chi connectivity index (χ2v) is 6.34. The maximum Gasteiger partial charge on any atom is 0.223 e. The molecule has 0 spiro atoms. The number of hydrogen-bond donors (Lipinski definition) is 2. The zero-order valence-corrected chi connectivity index (χ0v) is 11.4. The van der Waals surface area contributed by atoms with E-state index in [1.165, 1.54) is 25.7 Å². The van der Waals surface area contributed by atoms with Gasteiger partial charge in [-0.2, -0.15) is 4.98 Å². The molecular weight excluding hydrogens is 244 g/mol. The van der Waals surface area contributed by atoms with Gasteiger partial charge in [0.25, 0.3) is 0 Å². The molecule has 0 radical (unpaired) electrons. The molecule has 0 aliphatic heterocycles. The highest BCUT2D eigenvalue weighted by Gasteiger charge is 2.28. The van der Waals surface area contributed by atoms with Crippen LogP contribution in [0.3, 0.4) is 0 Å². The van der Waals surface area contributed by atoms with Gasteiger partial charge in [0.2, 0.25) is 5.95 Å². The Morgan fingerprint density at radius 2 is 2.17 bits per heavy atom. The first-order valence-electron chi connectivity index (χ1n) is 6.41. The summed E-state index contributed by atoms with van der Waals surface area (Å²) in [7, 11) is 0. The quantitative estimate of drug-likeness (QED) is 0.891. The summed E-state index contributed by atoms with van der Waals surface area (Å²) in [5.74, 6) is 1.23. The summed E-state index contributed by atoms with van der Waals surface area (Å²) in [5.41, 5.74) is 6.15. The van der Waals surface area contributed by atoms with Crippen LogP contribution in [0.5, 0.6) is 0 Å². The number of nitrogens with two attached hydrogens (primary N) is 1. The van der Waals surface area contributed by atoms with E-state index in [1.807, 2.05) is 5.38 Å². The van der Waals surface area contributed by atoms with Crippen LogP contribution in [-0.2, 0) is 0 Å². The lowest BCUT2D eigenvalue weighted by Gasteiger charge is -2.24. The molecule has 0 atom stereocenters. The van der Waals surface area contributed by atoms with Crippen LogP contribution in [0.15, 0.2) is 11.4 Å². The van der Waals surface area contributed by atoms with E-state index in [2.05, 4.69) is 28.3 Å². The molecule has 2 aromatic heterocycles. The number of nitrogen functional groups attached to an aromatic ring is 1. The average Bonchev–Trinajstić information content (AvgIpc) is 2.95. The molecule has 5 heteroatoms. The summed E-state index contributed by atoms with van der Waals surface area (Å²) in [5, 5.41) is 6.58. The summed E-state index contributed by atoms with van der Waals surface area (Å²) in [4.78, 5) is 9.53. The molecule has 2 heterocycles. The van der Waals surface area contributed by atoms with E-state index >= 15 is 0 Å². The number of hydrogen-bond acceptors (Lipinski definition) is 5. The van der Waals surface area contributed by atoms with Crippen LogP contribution in [0.1, 0.15) is 32.6 Å². The van der Waals surface area contributed by atoms with Gasteiger partial charge in [-0.15, -0.1) is 11.3 Å². The van der Waals surface area contributed by atoms with Crippen molar-refractivity contribution in [1.82, 2.24) is 9.97 Å². The van der Waals surface area contributed by atoms with Crippen LogP contribution in [-0.4, -0.2) is 16.5 Å². The fourth-order valence-electron chi connectivity index (χ4n) is 2.71. The zero-order valence-electron chi connectivity index (χ0n) is 10.6. The van der Waals surface area contributed by atoms with Crippen LogP contribution >= 0.6 is 11.3 Å². The number of anilines is 2. The summed E-state index contributed by atoms with van der Waals surface area (Å²) in [6, 6.07) is 2.05. The molecule has 96 valence electrons. The monoisotopic (exact) mass is 262 g/mol. The minimum Gasteiger partial charge on any atom is -0.369 e. The Labute approximate surface area is 111 Å². The first kappa shape index (κ1) is 11.7. The molecule has 0 unspecified atom stereocenters. The van der Waals surface area contributed by atoms with E-state index in [0.29, 0.717) is 11.4 Å². The maximum absolute atomic E-state index is 5.75. The lowest BCUT2D eigenvalue weighted by atomic mass is 9.89. The normalized spacial score (nSPS) is 18.3. The number of thiophene rings is 1. The Bertz CT molecular complexity index is 557. The Morgan fingerprint density at radius 1 is 1.39 bits per heavy atom. The third kappa shape index (κ3) is 2.14. The van der Waals surface area contributed by atoms with E-state index in [4.69, 9.17) is 5.73 Å². The third-order valence-corrected chi connectivity index (χ3v) is 4.64. The van der Waals surface area contributed by atoms with Crippen molar-refractivity contribution in [3.05, 3.63) is 11.4 Å². The smallest absolute Gasteiger partial charge is 0.223 e. The average molecular weight is 262 g/mol. The molecule has 18 heavy (non-hydrogen) atoms. The number of fused-ring (bicyclic) bond motifs is 1. The highest BCUT2D eigenvalue weighted by Crippen LogP contribution is 2.38. The Hall–Kier alpha value is -1.36. The molecule has 0 saturated heterocycles. The van der Waals surface area contributed by atoms with Gasteiger partial charge >= 0.3 is 0 Å². The second kappa shape index (κ2) is 4.39. The lowest BCUT2D eigenvalue weighted by molar-refractivity contribution is 0.362. The number of rotatable bonds is 3. The van der Waals surface area contributed by atoms with Crippen LogP contribution in [0, 0.1) is 5.41 Å². The van der Waals surface area contributed by atoms with Crippen LogP contribution in [0.2, 0.25) is 0 Å². The van der Waals surface area contributed by atoms with Crippen LogP contribution in [0.4, 0.5) is 11.8 Å². The molecule has 0 aromatic carbocycles. The van der Waals surface area contributed by atoms with Crippen molar-refractivity contribution in [1.29, 1.82) is 0 Å². The first-order valence-corrected chi connectivity index (χ1v) is 7.29. The fraction of sp³-hybridized carbons (Fsp3) is 0.538. The van der Waals surface area contributed by atoms with Crippen molar-refractivity contribution in [2.24, 2.45) is 5.41 Å². The summed E-state index contributed by atoms with van der Waals surface area (Å²) in [6.45, 7) is 3.32. The van der Waals surface area contributed by atoms with Gasteiger partial charge in [-0.3, -0.25) is 0 Å². The molecule has 2 aromatic rings. The van der Waals surface area contributed by atoms with E-state index in [-0.39, 0.29) is 0 Å². The van der Waals surface area contributed by atoms with Gasteiger partial charge in [0, 0.05) is 6.54 Å². The first-order chi connectivity index (χ1) is 8.66. The van der Waals surface area contributed by atoms with Gasteiger partial charge in [-0.1, -0.05) is 19.8 Å². The predicted molar refractivity (Wildman–Crippen MR) is 76.9 cm³/mol. The van der Waals surface area contributed by atoms with Gasteiger partial charge < -0.3 is 11.1 Å². The molecule has 1 fully saturated rings. The SMILES string of the molecule is CC1(CNc2nc(N)nc3sccc23)CCCC1. The van der Waals surface area contributed by atoms with Crippen molar-refractivity contribution >= 4 is 33.3 Å². The van der Waals surface area contributed by atoms with Crippen LogP contribution < -0.4 is 11.1 Å². The summed E-state index contributed by atoms with van der Waals surface area (Å²) < 4.78 is 0. The largest absolute Gasteiger partial charge is 0.369 e. The van der Waals surface area contributed by atoms with Crippen LogP contribution in [0.25, 0.3) is 10.2 Å². The minimum absolute atomic E-state index is 0.351. The lowest BCUT2D eigenvalue weighted by Crippen LogP contribution is -2.23. The van der Waals surface area contributed by atoms with Gasteiger partial charge in [-0.25, -0.2) is 4.98 Å². The molecular formula is C13H18N4S. The predicted octanol–water partition coefficient (Wildman–Crippen LogP) is 3.27. The van der Waals surface area contributed by atoms with Crippen molar-refractivity contribution in [2.45, 2.75) is 32.6 Å². The molecule has 4 nitrogen and oxygen atoms in total. The number of nitrogens with one attached hydrogen (secondary N) is 1. The molecule has 3 N–H and O–H groups in total. The highest BCUT2D eigenvalue weighted by atomic mass is 32.1. The van der Waals surface area contributed by atoms with E-state index in [1.54, 1.807) is 11.3 Å². The summed E-state index contributed by atoms with van der Waals surface area (Å²) >= 11 is 1.60. The van der Waals surface area contributed by atoms with Gasteiger partial charge in [0.15, 0.2) is 0 Å². The van der Waals surface area contributed by atoms with Crippen molar-refractivity contribution in [3.8, 4) is 0 Å². The Balaban J connectivity index is 1.83. The molecule has 1 saturated carbocycles. The number of nitrogens with zero attached hydrogens (tertiary/aromatic N) is 2. The number of aromatic nitrogens is 2. The molecule has 1 aliphatic carbocycles. The third-order valence-electron chi connectivity index (χ3n) is 3.84. The van der Waals surface area contributed by atoms with Gasteiger partial charge in [-0.05, 0) is 29.7 Å². The zero-order chi connectivity index (χ0) is 12.6. The van der Waals surface area contributed by atoms with E-state index in [0.717, 1.165) is 22.6 Å². The second-order valence-electron chi connectivity index (χ2n) is 5.44. The van der Waals surface area contributed by atoms with E-state index < -0.39 is 0 Å². The van der Waals surface area contributed by atoms with E-state index in [9.17, 15) is 0 Å². The Kier molecular flexibility index (Phi) is 2.86. The van der Waals surface area contributed by atoms with Crippen molar-refractivity contribution in [3.63, 3.8) is 0 Å². The van der Waals surface area contributed by atoms with Gasteiger partial charge in [0.1, 0.15) is 10.6 Å². The van der Waals surface area contributed by atoms with Crippen molar-refractivity contribution in [2.75, 3.05) is 17.6 Å². The molecule has 3 rings (SSSR count). The molecule has 0 amide bonds. The van der Waals surface area contributed by atoms with Crippen molar-refractivity contribution < 1.29 is 0 Å². The minimum atomic E-state index is 0.351. The Morgan fingerprint density at radius 3 is 2.94 bits per heavy atom. The standard InChI is InChI=1S/C13H18N4S/c1-13(5-2-3-6-13)8-15-10-9-4-7-18-11(9)17-12(14)16-10/h4,7H,2-3,5-6,8H2,1H3,(H3,14,15,16,17).